The van der Waals surface area contributed by atoms with Gasteiger partial charge >= 0.3 is 0 Å². The predicted molar refractivity (Wildman–Crippen MR) is 66.6 cm³/mol. The molecule has 1 aromatic rings. The van der Waals surface area contributed by atoms with Crippen LogP contribution in [0, 0.1) is 0 Å². The van der Waals surface area contributed by atoms with Gasteiger partial charge in [-0.15, -0.1) is 0 Å². The molecule has 0 atom stereocenters. The molecule has 4 heteroatoms. The number of hydrogen-bond donors (Lipinski definition) is 1. The van der Waals surface area contributed by atoms with Crippen molar-refractivity contribution >= 4 is 5.69 Å². The van der Waals surface area contributed by atoms with E-state index >= 15 is 0 Å². The first-order chi connectivity index (χ1) is 8.35. The zero-order valence-corrected chi connectivity index (χ0v) is 10.2. The van der Waals surface area contributed by atoms with Crippen molar-refractivity contribution in [2.24, 2.45) is 0 Å². The number of benzene rings is 1. The van der Waals surface area contributed by atoms with Crippen LogP contribution in [0.4, 0.5) is 5.69 Å². The van der Waals surface area contributed by atoms with E-state index in [1.807, 2.05) is 18.2 Å². The Bertz CT molecular complexity index is 368. The molecule has 2 rings (SSSR count). The summed E-state index contributed by atoms with van der Waals surface area (Å²) < 4.78 is 10.7. The van der Waals surface area contributed by atoms with E-state index in [2.05, 4.69) is 4.90 Å². The molecular weight excluding hydrogens is 218 g/mol. The molecule has 0 radical (unpaired) electrons. The second kappa shape index (κ2) is 5.89. The summed E-state index contributed by atoms with van der Waals surface area (Å²) in [6.45, 7) is 3.41. The fraction of sp³-hybridized carbons (Fsp3) is 0.538. The Morgan fingerprint density at radius 2 is 2.35 bits per heavy atom. The van der Waals surface area contributed by atoms with Gasteiger partial charge in [0.05, 0.1) is 18.8 Å². The van der Waals surface area contributed by atoms with Gasteiger partial charge < -0.3 is 19.5 Å². The molecule has 0 amide bonds. The number of hydrogen-bond acceptors (Lipinski definition) is 4. The van der Waals surface area contributed by atoms with E-state index in [9.17, 15) is 0 Å². The van der Waals surface area contributed by atoms with Crippen LogP contribution >= 0.6 is 0 Å². The summed E-state index contributed by atoms with van der Waals surface area (Å²) in [5.41, 5.74) is 2.00. The van der Waals surface area contributed by atoms with Gasteiger partial charge in [0.25, 0.3) is 0 Å². The standard InChI is InChI=1S/C13H19NO3/c1-16-7-2-5-14-6-8-17-13-4-3-11(10-15)9-12(13)14/h3-4,9,15H,2,5-8,10H2,1H3. The van der Waals surface area contributed by atoms with Gasteiger partial charge in [-0.25, -0.2) is 0 Å². The van der Waals surface area contributed by atoms with E-state index in [0.717, 1.165) is 49.7 Å². The van der Waals surface area contributed by atoms with E-state index in [1.165, 1.54) is 0 Å². The molecule has 4 nitrogen and oxygen atoms in total. The predicted octanol–water partition coefficient (Wildman–Crippen LogP) is 1.41. The fourth-order valence-corrected chi connectivity index (χ4v) is 2.05. The summed E-state index contributed by atoms with van der Waals surface area (Å²) in [5.74, 6) is 0.908. The Kier molecular flexibility index (Phi) is 4.23. The maximum atomic E-state index is 9.16. The summed E-state index contributed by atoms with van der Waals surface area (Å²) in [6.07, 6.45) is 0.999. The lowest BCUT2D eigenvalue weighted by Gasteiger charge is -2.31. The van der Waals surface area contributed by atoms with E-state index < -0.39 is 0 Å². The van der Waals surface area contributed by atoms with Crippen LogP contribution in [0.15, 0.2) is 18.2 Å². The molecule has 1 aromatic carbocycles. The van der Waals surface area contributed by atoms with Crippen LogP contribution < -0.4 is 9.64 Å². The molecule has 1 aliphatic heterocycles. The third-order valence-corrected chi connectivity index (χ3v) is 2.94. The molecule has 17 heavy (non-hydrogen) atoms. The second-order valence-electron chi connectivity index (χ2n) is 4.14. The van der Waals surface area contributed by atoms with Crippen LogP contribution in [-0.2, 0) is 11.3 Å². The molecule has 0 bridgehead atoms. The third kappa shape index (κ3) is 2.90. The number of aliphatic hydroxyl groups is 1. The molecule has 0 unspecified atom stereocenters. The molecule has 94 valence electrons. The third-order valence-electron chi connectivity index (χ3n) is 2.94. The summed E-state index contributed by atoms with van der Waals surface area (Å²) in [7, 11) is 1.72. The van der Waals surface area contributed by atoms with Gasteiger partial charge in [-0.2, -0.15) is 0 Å². The van der Waals surface area contributed by atoms with Gasteiger partial charge in [0.2, 0.25) is 0 Å². The van der Waals surface area contributed by atoms with E-state index in [0.29, 0.717) is 0 Å². The highest BCUT2D eigenvalue weighted by Gasteiger charge is 2.17. The number of aliphatic hydroxyl groups excluding tert-OH is 1. The molecule has 0 saturated carbocycles. The first-order valence-electron chi connectivity index (χ1n) is 5.95. The van der Waals surface area contributed by atoms with Crippen LogP contribution in [0.2, 0.25) is 0 Å². The summed E-state index contributed by atoms with van der Waals surface area (Å²) in [4.78, 5) is 2.29. The van der Waals surface area contributed by atoms with Gasteiger partial charge in [-0.3, -0.25) is 0 Å². The van der Waals surface area contributed by atoms with Gasteiger partial charge in [0.1, 0.15) is 12.4 Å². The zero-order chi connectivity index (χ0) is 12.1. The lowest BCUT2D eigenvalue weighted by Crippen LogP contribution is -2.34. The molecular formula is C13H19NO3. The van der Waals surface area contributed by atoms with Gasteiger partial charge in [-0.1, -0.05) is 6.07 Å². The van der Waals surface area contributed by atoms with Crippen molar-refractivity contribution in [3.8, 4) is 5.75 Å². The monoisotopic (exact) mass is 237 g/mol. The molecule has 0 spiro atoms. The van der Waals surface area contributed by atoms with Crippen LogP contribution in [0.5, 0.6) is 5.75 Å². The Balaban J connectivity index is 2.11. The molecule has 0 fully saturated rings. The maximum Gasteiger partial charge on any atom is 0.142 e. The topological polar surface area (TPSA) is 41.9 Å². The number of anilines is 1. The first-order valence-corrected chi connectivity index (χ1v) is 5.95. The highest BCUT2D eigenvalue weighted by atomic mass is 16.5. The normalized spacial score (nSPS) is 14.4. The quantitative estimate of drug-likeness (QED) is 0.786. The summed E-state index contributed by atoms with van der Waals surface area (Å²) >= 11 is 0. The van der Waals surface area contributed by atoms with Crippen LogP contribution in [0.3, 0.4) is 0 Å². The van der Waals surface area contributed by atoms with Gasteiger partial charge in [0, 0.05) is 20.3 Å². The molecule has 1 aliphatic rings. The smallest absolute Gasteiger partial charge is 0.142 e. The number of fused-ring (bicyclic) bond motifs is 1. The van der Waals surface area contributed by atoms with Crippen molar-refractivity contribution in [2.45, 2.75) is 13.0 Å². The zero-order valence-electron chi connectivity index (χ0n) is 10.2. The van der Waals surface area contributed by atoms with Crippen molar-refractivity contribution < 1.29 is 14.6 Å². The Morgan fingerprint density at radius 3 is 3.12 bits per heavy atom. The highest BCUT2D eigenvalue weighted by Crippen LogP contribution is 2.32. The first kappa shape index (κ1) is 12.2. The molecule has 0 aromatic heterocycles. The van der Waals surface area contributed by atoms with Gasteiger partial charge in [0.15, 0.2) is 0 Å². The highest BCUT2D eigenvalue weighted by molar-refractivity contribution is 5.61. The lowest BCUT2D eigenvalue weighted by atomic mass is 10.1. The minimum Gasteiger partial charge on any atom is -0.490 e. The van der Waals surface area contributed by atoms with Crippen molar-refractivity contribution in [1.82, 2.24) is 0 Å². The largest absolute Gasteiger partial charge is 0.490 e. The van der Waals surface area contributed by atoms with Crippen LogP contribution in [0.1, 0.15) is 12.0 Å². The fourth-order valence-electron chi connectivity index (χ4n) is 2.05. The van der Waals surface area contributed by atoms with E-state index in [-0.39, 0.29) is 6.61 Å². The minimum atomic E-state index is 0.0686. The SMILES string of the molecule is COCCCN1CCOc2ccc(CO)cc21. The molecule has 1 heterocycles. The summed E-state index contributed by atoms with van der Waals surface area (Å²) in [6, 6.07) is 5.84. The summed E-state index contributed by atoms with van der Waals surface area (Å²) in [5, 5.41) is 9.16. The van der Waals surface area contributed by atoms with Crippen molar-refractivity contribution in [3.05, 3.63) is 23.8 Å². The molecule has 0 saturated heterocycles. The van der Waals surface area contributed by atoms with Crippen LogP contribution in [-0.4, -0.2) is 38.5 Å². The van der Waals surface area contributed by atoms with Crippen molar-refractivity contribution in [1.29, 1.82) is 0 Å². The van der Waals surface area contributed by atoms with E-state index in [4.69, 9.17) is 14.6 Å². The van der Waals surface area contributed by atoms with Crippen molar-refractivity contribution in [2.75, 3.05) is 38.3 Å². The Morgan fingerprint density at radius 1 is 1.47 bits per heavy atom. The second-order valence-corrected chi connectivity index (χ2v) is 4.14. The van der Waals surface area contributed by atoms with Crippen molar-refractivity contribution in [3.63, 3.8) is 0 Å². The Hall–Kier alpha value is -1.26. The Labute approximate surface area is 102 Å². The molecule has 0 aliphatic carbocycles. The lowest BCUT2D eigenvalue weighted by molar-refractivity contribution is 0.195. The number of rotatable bonds is 5. The average Bonchev–Trinajstić information content (AvgIpc) is 2.39. The van der Waals surface area contributed by atoms with E-state index in [1.54, 1.807) is 7.11 Å². The number of ether oxygens (including phenoxy) is 2. The molecule has 1 N–H and O–H groups in total. The number of methoxy groups -OCH3 is 1. The van der Waals surface area contributed by atoms with Gasteiger partial charge in [-0.05, 0) is 24.1 Å². The average molecular weight is 237 g/mol. The maximum absolute atomic E-state index is 9.16. The number of nitrogens with zero attached hydrogens (tertiary/aromatic N) is 1. The van der Waals surface area contributed by atoms with Crippen LogP contribution in [0.25, 0.3) is 0 Å². The minimum absolute atomic E-state index is 0.0686.